The molecule has 1 aromatic rings. The second kappa shape index (κ2) is 5.11. The van der Waals surface area contributed by atoms with E-state index in [4.69, 9.17) is 18.0 Å². The van der Waals surface area contributed by atoms with E-state index in [0.29, 0.717) is 22.9 Å². The molecule has 5 aliphatic carbocycles. The summed E-state index contributed by atoms with van der Waals surface area (Å²) in [5.41, 5.74) is 9.00. The van der Waals surface area contributed by atoms with E-state index in [1.807, 2.05) is 0 Å². The first-order chi connectivity index (χ1) is 12.6. The van der Waals surface area contributed by atoms with Crippen LogP contribution in [0.25, 0.3) is 0 Å². The number of rotatable bonds is 3. The lowest BCUT2D eigenvalue weighted by Gasteiger charge is -2.73. The lowest BCUT2D eigenvalue weighted by Crippen LogP contribution is -2.69. The van der Waals surface area contributed by atoms with Crippen molar-refractivity contribution >= 4 is 17.2 Å². The zero-order valence-corrected chi connectivity index (χ0v) is 16.4. The van der Waals surface area contributed by atoms with E-state index in [0.717, 1.165) is 24.7 Å². The van der Waals surface area contributed by atoms with Crippen LogP contribution in [0, 0.1) is 22.7 Å². The van der Waals surface area contributed by atoms with Gasteiger partial charge in [0.1, 0.15) is 0 Å². The molecule has 0 amide bonds. The van der Waals surface area contributed by atoms with Crippen molar-refractivity contribution in [1.82, 2.24) is 5.32 Å². The van der Waals surface area contributed by atoms with Gasteiger partial charge in [-0.15, -0.1) is 0 Å². The Labute approximate surface area is 162 Å². The Morgan fingerprint density at radius 3 is 2.46 bits per heavy atom. The van der Waals surface area contributed by atoms with Crippen LogP contribution in [0.1, 0.15) is 63.4 Å². The van der Waals surface area contributed by atoms with E-state index < -0.39 is 0 Å². The average molecular weight is 367 g/mol. The molecule has 0 radical (unpaired) electrons. The van der Waals surface area contributed by atoms with Gasteiger partial charge in [0.25, 0.3) is 0 Å². The molecule has 1 spiro atoms. The minimum Gasteiger partial charge on any atom is -0.376 e. The molecule has 1 aromatic carbocycles. The number of nitrogens with two attached hydrogens (primary N) is 1. The molecule has 0 aromatic heterocycles. The summed E-state index contributed by atoms with van der Waals surface area (Å²) >= 11 is 6.12. The molecule has 5 aliphatic rings. The molecule has 5 unspecified atom stereocenters. The number of hydrogen-bond donors (Lipinski definition) is 2. The van der Waals surface area contributed by atoms with Gasteiger partial charge in [-0.05, 0) is 80.6 Å². The normalized spacial score (nSPS) is 50.5. The molecule has 0 heterocycles. The van der Waals surface area contributed by atoms with Crippen molar-refractivity contribution in [2.45, 2.75) is 75.3 Å². The third kappa shape index (κ3) is 1.75. The fourth-order valence-electron chi connectivity index (χ4n) is 8.34. The minimum atomic E-state index is 0.278. The van der Waals surface area contributed by atoms with E-state index >= 15 is 0 Å². The molecule has 0 saturated heterocycles. The molecule has 0 aliphatic heterocycles. The SMILES string of the molecule is NC1CCC(NC(=S)C23CC4CC5CC(c6ccccc6)(C2)C45C3)CC1. The summed E-state index contributed by atoms with van der Waals surface area (Å²) in [6, 6.07) is 12.4. The highest BCUT2D eigenvalue weighted by atomic mass is 32.1. The molecule has 2 bridgehead atoms. The topological polar surface area (TPSA) is 38.0 Å². The fraction of sp³-hybridized carbons (Fsp3) is 0.696. The Balaban J connectivity index is 1.29. The molecule has 6 rings (SSSR count). The van der Waals surface area contributed by atoms with Gasteiger partial charge in [0.2, 0.25) is 0 Å². The third-order valence-electron chi connectivity index (χ3n) is 9.34. The zero-order valence-electron chi connectivity index (χ0n) is 15.5. The summed E-state index contributed by atoms with van der Waals surface area (Å²) in [5.74, 6) is 1.90. The Kier molecular flexibility index (Phi) is 3.16. The van der Waals surface area contributed by atoms with Crippen LogP contribution >= 0.6 is 12.2 Å². The Bertz CT molecular complexity index is 755. The van der Waals surface area contributed by atoms with Gasteiger partial charge in [-0.2, -0.15) is 0 Å². The van der Waals surface area contributed by atoms with Crippen LogP contribution in [0.15, 0.2) is 30.3 Å². The van der Waals surface area contributed by atoms with E-state index in [1.165, 1.54) is 49.9 Å². The molecule has 26 heavy (non-hydrogen) atoms. The molecular formula is C23H30N2S. The predicted octanol–water partition coefficient (Wildman–Crippen LogP) is 4.32. The molecule has 5 fully saturated rings. The second-order valence-electron chi connectivity index (χ2n) is 10.2. The standard InChI is InChI=1S/C23H30N2S/c24-18-6-8-19(9-7-18)25-20(26)21-11-16-10-17-12-22(13-21,23(16,17)14-21)15-4-2-1-3-5-15/h1-5,16-19H,6-14,24H2,(H,25,26). The van der Waals surface area contributed by atoms with Gasteiger partial charge in [-0.25, -0.2) is 0 Å². The summed E-state index contributed by atoms with van der Waals surface area (Å²) < 4.78 is 0. The van der Waals surface area contributed by atoms with Crippen LogP contribution in [0.2, 0.25) is 0 Å². The minimum absolute atomic E-state index is 0.278. The fourth-order valence-corrected chi connectivity index (χ4v) is 8.73. The van der Waals surface area contributed by atoms with Crippen LogP contribution in [0.3, 0.4) is 0 Å². The largest absolute Gasteiger partial charge is 0.376 e. The smallest absolute Gasteiger partial charge is 0.0818 e. The third-order valence-corrected chi connectivity index (χ3v) is 9.89. The van der Waals surface area contributed by atoms with E-state index in [1.54, 1.807) is 5.56 Å². The summed E-state index contributed by atoms with van der Waals surface area (Å²) in [6.45, 7) is 0. The van der Waals surface area contributed by atoms with Gasteiger partial charge >= 0.3 is 0 Å². The summed E-state index contributed by atoms with van der Waals surface area (Å²) in [7, 11) is 0. The van der Waals surface area contributed by atoms with Gasteiger partial charge in [0.05, 0.1) is 4.99 Å². The lowest BCUT2D eigenvalue weighted by molar-refractivity contribution is -0.199. The van der Waals surface area contributed by atoms with E-state index in [2.05, 4.69) is 35.6 Å². The Hall–Kier alpha value is -0.930. The average Bonchev–Trinajstić information content (AvgIpc) is 3.11. The van der Waals surface area contributed by atoms with Crippen molar-refractivity contribution in [3.8, 4) is 0 Å². The maximum absolute atomic E-state index is 6.12. The zero-order chi connectivity index (χ0) is 17.6. The highest BCUT2D eigenvalue weighted by molar-refractivity contribution is 7.80. The first kappa shape index (κ1) is 16.1. The van der Waals surface area contributed by atoms with Gasteiger partial charge < -0.3 is 11.1 Å². The highest BCUT2D eigenvalue weighted by Crippen LogP contribution is 2.89. The quantitative estimate of drug-likeness (QED) is 0.783. The monoisotopic (exact) mass is 366 g/mol. The van der Waals surface area contributed by atoms with Crippen molar-refractivity contribution in [2.24, 2.45) is 28.4 Å². The van der Waals surface area contributed by atoms with Crippen molar-refractivity contribution in [3.05, 3.63) is 35.9 Å². The molecule has 3 heteroatoms. The molecule has 2 nitrogen and oxygen atoms in total. The Morgan fingerprint density at radius 1 is 1.00 bits per heavy atom. The first-order valence-electron chi connectivity index (χ1n) is 10.7. The van der Waals surface area contributed by atoms with Crippen molar-refractivity contribution < 1.29 is 0 Å². The number of fused-ring (bicyclic) bond motifs is 1. The Morgan fingerprint density at radius 2 is 1.73 bits per heavy atom. The molecule has 3 N–H and O–H groups in total. The van der Waals surface area contributed by atoms with Crippen LogP contribution < -0.4 is 11.1 Å². The lowest BCUT2D eigenvalue weighted by atomic mass is 9.30. The highest BCUT2D eigenvalue weighted by Gasteiger charge is 2.84. The second-order valence-corrected chi connectivity index (χ2v) is 10.7. The van der Waals surface area contributed by atoms with Crippen molar-refractivity contribution in [1.29, 1.82) is 0 Å². The summed E-state index contributed by atoms with van der Waals surface area (Å²) in [4.78, 5) is 1.21. The van der Waals surface area contributed by atoms with Gasteiger partial charge in [0, 0.05) is 22.9 Å². The number of nitrogens with one attached hydrogen (secondary N) is 1. The van der Waals surface area contributed by atoms with Crippen LogP contribution in [0.5, 0.6) is 0 Å². The van der Waals surface area contributed by atoms with Crippen LogP contribution in [0.4, 0.5) is 0 Å². The molecule has 5 atom stereocenters. The van der Waals surface area contributed by atoms with Crippen LogP contribution in [-0.2, 0) is 5.41 Å². The van der Waals surface area contributed by atoms with Crippen molar-refractivity contribution in [3.63, 3.8) is 0 Å². The number of thiocarbonyl (C=S) groups is 1. The maximum atomic E-state index is 6.12. The molecular weight excluding hydrogens is 336 g/mol. The van der Waals surface area contributed by atoms with Crippen molar-refractivity contribution in [2.75, 3.05) is 0 Å². The number of benzene rings is 1. The maximum Gasteiger partial charge on any atom is 0.0818 e. The summed E-state index contributed by atoms with van der Waals surface area (Å²) in [5, 5.41) is 3.85. The van der Waals surface area contributed by atoms with Gasteiger partial charge in [-0.3, -0.25) is 0 Å². The van der Waals surface area contributed by atoms with E-state index in [-0.39, 0.29) is 5.41 Å². The summed E-state index contributed by atoms with van der Waals surface area (Å²) in [6.07, 6.45) is 11.6. The molecule has 5 saturated carbocycles. The predicted molar refractivity (Wildman–Crippen MR) is 109 cm³/mol. The van der Waals surface area contributed by atoms with Gasteiger partial charge in [0.15, 0.2) is 0 Å². The molecule has 138 valence electrons. The van der Waals surface area contributed by atoms with Gasteiger partial charge in [-0.1, -0.05) is 42.5 Å². The van der Waals surface area contributed by atoms with E-state index in [9.17, 15) is 0 Å². The van der Waals surface area contributed by atoms with Crippen LogP contribution in [-0.4, -0.2) is 17.1 Å². The number of hydrogen-bond acceptors (Lipinski definition) is 2. The first-order valence-corrected chi connectivity index (χ1v) is 11.1.